The van der Waals surface area contributed by atoms with Crippen LogP contribution in [-0.4, -0.2) is 25.0 Å². The summed E-state index contributed by atoms with van der Waals surface area (Å²) < 4.78 is 2.00. The SMILES string of the molecule is Cn1c(-c2c(O)cccc2O)n[nH]c1=S. The molecule has 5 nitrogen and oxygen atoms in total. The smallest absolute Gasteiger partial charge is 0.195 e. The minimum atomic E-state index is -0.0351. The van der Waals surface area contributed by atoms with Gasteiger partial charge in [0.05, 0.1) is 0 Å². The molecule has 1 aromatic heterocycles. The maximum Gasteiger partial charge on any atom is 0.195 e. The molecule has 0 amide bonds. The summed E-state index contributed by atoms with van der Waals surface area (Å²) in [7, 11) is 1.70. The standard InChI is InChI=1S/C9H9N3O2S/c1-12-8(10-11-9(12)15)7-5(13)3-2-4-6(7)14/h2-4,13-14H,1H3,(H,11,15). The number of nitrogens with one attached hydrogen (secondary N) is 1. The molecule has 1 heterocycles. The molecule has 0 spiro atoms. The fourth-order valence-corrected chi connectivity index (χ4v) is 1.46. The van der Waals surface area contributed by atoms with Crippen molar-refractivity contribution < 1.29 is 10.2 Å². The Labute approximate surface area is 90.6 Å². The number of phenolic OH excluding ortho intramolecular Hbond substituents is 2. The van der Waals surface area contributed by atoms with E-state index >= 15 is 0 Å². The lowest BCUT2D eigenvalue weighted by Crippen LogP contribution is -1.93. The molecule has 15 heavy (non-hydrogen) atoms. The first-order valence-corrected chi connectivity index (χ1v) is 4.65. The molecule has 78 valence electrons. The molecule has 2 rings (SSSR count). The summed E-state index contributed by atoms with van der Waals surface area (Å²) >= 11 is 4.94. The van der Waals surface area contributed by atoms with Crippen LogP contribution in [0.4, 0.5) is 0 Å². The van der Waals surface area contributed by atoms with Crippen LogP contribution >= 0.6 is 12.2 Å². The lowest BCUT2D eigenvalue weighted by atomic mass is 10.1. The number of rotatable bonds is 1. The normalized spacial score (nSPS) is 10.5. The predicted octanol–water partition coefficient (Wildman–Crippen LogP) is 1.56. The highest BCUT2D eigenvalue weighted by Crippen LogP contribution is 2.35. The summed E-state index contributed by atoms with van der Waals surface area (Å²) in [4.78, 5) is 0. The Morgan fingerprint density at radius 2 is 1.93 bits per heavy atom. The molecule has 0 radical (unpaired) electrons. The molecule has 0 bridgehead atoms. The van der Waals surface area contributed by atoms with Crippen molar-refractivity contribution in [2.75, 3.05) is 0 Å². The van der Waals surface area contributed by atoms with Crippen molar-refractivity contribution in [2.45, 2.75) is 0 Å². The van der Waals surface area contributed by atoms with Gasteiger partial charge in [-0.1, -0.05) is 6.07 Å². The van der Waals surface area contributed by atoms with E-state index in [0.717, 1.165) is 0 Å². The largest absolute Gasteiger partial charge is 0.507 e. The summed E-state index contributed by atoms with van der Waals surface area (Å²) in [6.45, 7) is 0. The van der Waals surface area contributed by atoms with E-state index in [-0.39, 0.29) is 17.1 Å². The highest BCUT2D eigenvalue weighted by Gasteiger charge is 2.14. The van der Waals surface area contributed by atoms with Gasteiger partial charge in [0.2, 0.25) is 0 Å². The van der Waals surface area contributed by atoms with E-state index in [9.17, 15) is 10.2 Å². The van der Waals surface area contributed by atoms with Crippen LogP contribution in [0.2, 0.25) is 0 Å². The fraction of sp³-hybridized carbons (Fsp3) is 0.111. The molecule has 0 fully saturated rings. The van der Waals surface area contributed by atoms with Gasteiger partial charge < -0.3 is 14.8 Å². The van der Waals surface area contributed by atoms with Gasteiger partial charge in [-0.05, 0) is 24.4 Å². The average Bonchev–Trinajstić information content (AvgIpc) is 2.49. The molecule has 3 N–H and O–H groups in total. The Balaban J connectivity index is 2.74. The van der Waals surface area contributed by atoms with Crippen LogP contribution in [-0.2, 0) is 7.05 Å². The topological polar surface area (TPSA) is 74.1 Å². The fourth-order valence-electron chi connectivity index (χ4n) is 1.33. The van der Waals surface area contributed by atoms with Gasteiger partial charge in [-0.2, -0.15) is 5.10 Å². The number of hydrogen-bond acceptors (Lipinski definition) is 4. The van der Waals surface area contributed by atoms with E-state index in [1.165, 1.54) is 12.1 Å². The van der Waals surface area contributed by atoms with Crippen molar-refractivity contribution in [3.63, 3.8) is 0 Å². The van der Waals surface area contributed by atoms with Crippen molar-refractivity contribution >= 4 is 12.2 Å². The van der Waals surface area contributed by atoms with Gasteiger partial charge in [-0.3, -0.25) is 5.10 Å². The summed E-state index contributed by atoms with van der Waals surface area (Å²) in [5, 5.41) is 25.8. The zero-order valence-corrected chi connectivity index (χ0v) is 8.75. The second-order valence-electron chi connectivity index (χ2n) is 3.08. The lowest BCUT2D eigenvalue weighted by molar-refractivity contribution is 0.453. The van der Waals surface area contributed by atoms with Crippen LogP contribution in [0.1, 0.15) is 0 Å². The van der Waals surface area contributed by atoms with E-state index in [1.54, 1.807) is 17.7 Å². The van der Waals surface area contributed by atoms with Crippen molar-refractivity contribution in [3.05, 3.63) is 23.0 Å². The number of hydrogen-bond donors (Lipinski definition) is 3. The van der Waals surface area contributed by atoms with Gasteiger partial charge in [0, 0.05) is 7.05 Å². The number of benzene rings is 1. The van der Waals surface area contributed by atoms with Crippen molar-refractivity contribution in [1.29, 1.82) is 0 Å². The van der Waals surface area contributed by atoms with Crippen LogP contribution in [0.25, 0.3) is 11.4 Å². The maximum absolute atomic E-state index is 9.62. The molecule has 0 unspecified atom stereocenters. The Kier molecular flexibility index (Phi) is 2.20. The number of aromatic amines is 1. The van der Waals surface area contributed by atoms with E-state index in [1.807, 2.05) is 0 Å². The average molecular weight is 223 g/mol. The third-order valence-corrected chi connectivity index (χ3v) is 2.49. The Hall–Kier alpha value is -1.82. The molecule has 0 saturated heterocycles. The van der Waals surface area contributed by atoms with Gasteiger partial charge in [0.1, 0.15) is 17.1 Å². The summed E-state index contributed by atoms with van der Waals surface area (Å²) in [6, 6.07) is 4.51. The first-order valence-electron chi connectivity index (χ1n) is 4.24. The second kappa shape index (κ2) is 3.39. The molecular weight excluding hydrogens is 214 g/mol. The van der Waals surface area contributed by atoms with Crippen molar-refractivity contribution in [3.8, 4) is 22.9 Å². The van der Waals surface area contributed by atoms with E-state index < -0.39 is 0 Å². The van der Waals surface area contributed by atoms with Gasteiger partial charge >= 0.3 is 0 Å². The number of aromatic hydroxyl groups is 2. The van der Waals surface area contributed by atoms with E-state index in [0.29, 0.717) is 10.6 Å². The van der Waals surface area contributed by atoms with Gasteiger partial charge in [-0.25, -0.2) is 0 Å². The molecule has 2 aromatic rings. The van der Waals surface area contributed by atoms with Gasteiger partial charge in [0.25, 0.3) is 0 Å². The molecule has 1 aromatic carbocycles. The maximum atomic E-state index is 9.62. The molecular formula is C9H9N3O2S. The monoisotopic (exact) mass is 223 g/mol. The minimum Gasteiger partial charge on any atom is -0.507 e. The molecule has 0 atom stereocenters. The zero-order valence-electron chi connectivity index (χ0n) is 7.93. The van der Waals surface area contributed by atoms with Crippen LogP contribution in [0.5, 0.6) is 11.5 Å². The Morgan fingerprint density at radius 1 is 1.33 bits per heavy atom. The van der Waals surface area contributed by atoms with Gasteiger partial charge in [-0.15, -0.1) is 0 Å². The molecule has 0 aliphatic carbocycles. The minimum absolute atomic E-state index is 0.0351. The molecule has 0 saturated carbocycles. The third-order valence-electron chi connectivity index (χ3n) is 2.12. The van der Waals surface area contributed by atoms with E-state index in [2.05, 4.69) is 10.2 Å². The summed E-state index contributed by atoms with van der Waals surface area (Å²) in [5.41, 5.74) is 0.271. The van der Waals surface area contributed by atoms with E-state index in [4.69, 9.17) is 12.2 Å². The highest BCUT2D eigenvalue weighted by atomic mass is 32.1. The summed E-state index contributed by atoms with van der Waals surface area (Å²) in [5.74, 6) is 0.329. The first kappa shape index (κ1) is 9.72. The summed E-state index contributed by atoms with van der Waals surface area (Å²) in [6.07, 6.45) is 0. The quantitative estimate of drug-likeness (QED) is 0.641. The van der Waals surface area contributed by atoms with Crippen LogP contribution in [0.15, 0.2) is 18.2 Å². The molecule has 0 aliphatic heterocycles. The van der Waals surface area contributed by atoms with Gasteiger partial charge in [0.15, 0.2) is 10.6 Å². The Morgan fingerprint density at radius 3 is 2.40 bits per heavy atom. The van der Waals surface area contributed by atoms with Crippen molar-refractivity contribution in [2.24, 2.45) is 7.05 Å². The van der Waals surface area contributed by atoms with Crippen LogP contribution in [0, 0.1) is 4.77 Å². The zero-order chi connectivity index (χ0) is 11.0. The Bertz CT molecular complexity index is 538. The molecule has 6 heteroatoms. The number of H-pyrrole nitrogens is 1. The predicted molar refractivity (Wildman–Crippen MR) is 57.2 cm³/mol. The number of nitrogens with zero attached hydrogens (tertiary/aromatic N) is 2. The lowest BCUT2D eigenvalue weighted by Gasteiger charge is -2.05. The number of phenols is 2. The second-order valence-corrected chi connectivity index (χ2v) is 3.47. The number of aromatic nitrogens is 3. The highest BCUT2D eigenvalue weighted by molar-refractivity contribution is 7.71. The van der Waals surface area contributed by atoms with Crippen molar-refractivity contribution in [1.82, 2.24) is 14.8 Å². The third kappa shape index (κ3) is 1.48. The van der Waals surface area contributed by atoms with Crippen LogP contribution < -0.4 is 0 Å². The van der Waals surface area contributed by atoms with Crippen LogP contribution in [0.3, 0.4) is 0 Å². The molecule has 0 aliphatic rings. The first-order chi connectivity index (χ1) is 7.11.